The molecule has 0 aromatic heterocycles. The molecule has 2 rings (SSSR count). The van der Waals surface area contributed by atoms with Gasteiger partial charge in [-0.05, 0) is 30.5 Å². The van der Waals surface area contributed by atoms with Gasteiger partial charge in [0.15, 0.2) is 0 Å². The lowest BCUT2D eigenvalue weighted by molar-refractivity contribution is 0.687. The van der Waals surface area contributed by atoms with E-state index < -0.39 is 0 Å². The Morgan fingerprint density at radius 3 is 3.07 bits per heavy atom. The molecule has 0 unspecified atom stereocenters. The number of nitrogens with one attached hydrogen (secondary N) is 1. The Morgan fingerprint density at radius 1 is 1.47 bits per heavy atom. The highest BCUT2D eigenvalue weighted by molar-refractivity contribution is 7.99. The average molecular weight is 218 g/mol. The summed E-state index contributed by atoms with van der Waals surface area (Å²) in [5.41, 5.74) is 1.31. The molecule has 1 aliphatic carbocycles. The fraction of sp³-hybridized carbons (Fsp3) is 0.417. The first-order chi connectivity index (χ1) is 7.38. The van der Waals surface area contributed by atoms with E-state index in [9.17, 15) is 0 Å². The number of rotatable bonds is 5. The van der Waals surface area contributed by atoms with Crippen LogP contribution in [0.1, 0.15) is 18.4 Å². The van der Waals surface area contributed by atoms with Crippen LogP contribution in [0.25, 0.3) is 0 Å². The summed E-state index contributed by atoms with van der Waals surface area (Å²) < 4.78 is 0. The van der Waals surface area contributed by atoms with Crippen molar-refractivity contribution in [2.75, 3.05) is 5.75 Å². The molecule has 1 aliphatic rings. The summed E-state index contributed by atoms with van der Waals surface area (Å²) in [6, 6.07) is 11.3. The van der Waals surface area contributed by atoms with Crippen LogP contribution in [0.15, 0.2) is 29.2 Å². The predicted molar refractivity (Wildman–Crippen MR) is 62.6 cm³/mol. The highest BCUT2D eigenvalue weighted by Gasteiger charge is 2.19. The molecule has 0 radical (unpaired) electrons. The molecular weight excluding hydrogens is 204 g/mol. The number of nitriles is 1. The van der Waals surface area contributed by atoms with E-state index in [0.717, 1.165) is 12.6 Å². The van der Waals surface area contributed by atoms with Crippen molar-refractivity contribution in [3.05, 3.63) is 29.8 Å². The SMILES string of the molecule is N#CCSc1cccc(CNC2CC2)c1. The molecule has 1 N–H and O–H groups in total. The number of nitrogens with zero attached hydrogens (tertiary/aromatic N) is 1. The molecule has 3 heteroatoms. The van der Waals surface area contributed by atoms with E-state index in [2.05, 4.69) is 35.7 Å². The Labute approximate surface area is 94.7 Å². The topological polar surface area (TPSA) is 35.8 Å². The molecule has 78 valence electrons. The summed E-state index contributed by atoms with van der Waals surface area (Å²) >= 11 is 1.60. The Bertz CT molecular complexity index is 366. The van der Waals surface area contributed by atoms with Gasteiger partial charge in [-0.25, -0.2) is 0 Å². The van der Waals surface area contributed by atoms with Gasteiger partial charge in [0.25, 0.3) is 0 Å². The van der Waals surface area contributed by atoms with Gasteiger partial charge < -0.3 is 5.32 Å². The van der Waals surface area contributed by atoms with Crippen molar-refractivity contribution in [3.63, 3.8) is 0 Å². The smallest absolute Gasteiger partial charge is 0.0855 e. The summed E-state index contributed by atoms with van der Waals surface area (Å²) in [4.78, 5) is 1.19. The van der Waals surface area contributed by atoms with E-state index in [1.165, 1.54) is 23.3 Å². The third-order valence-electron chi connectivity index (χ3n) is 2.37. The highest BCUT2D eigenvalue weighted by atomic mass is 32.2. The average Bonchev–Trinajstić information content (AvgIpc) is 3.08. The van der Waals surface area contributed by atoms with E-state index in [1.54, 1.807) is 11.8 Å². The molecule has 0 amide bonds. The number of thioether (sulfide) groups is 1. The zero-order valence-corrected chi connectivity index (χ0v) is 9.39. The Morgan fingerprint density at radius 2 is 2.33 bits per heavy atom. The summed E-state index contributed by atoms with van der Waals surface area (Å²) in [7, 11) is 0. The molecular formula is C12H14N2S. The summed E-state index contributed by atoms with van der Waals surface area (Å²) in [6.45, 7) is 0.950. The molecule has 15 heavy (non-hydrogen) atoms. The van der Waals surface area contributed by atoms with Crippen molar-refractivity contribution in [3.8, 4) is 6.07 Å². The second-order valence-electron chi connectivity index (χ2n) is 3.75. The van der Waals surface area contributed by atoms with Crippen molar-refractivity contribution in [1.29, 1.82) is 5.26 Å². The van der Waals surface area contributed by atoms with Gasteiger partial charge in [0.05, 0.1) is 11.8 Å². The second kappa shape index (κ2) is 5.20. The molecule has 1 fully saturated rings. The van der Waals surface area contributed by atoms with Gasteiger partial charge in [-0.1, -0.05) is 12.1 Å². The van der Waals surface area contributed by atoms with E-state index in [0.29, 0.717) is 5.75 Å². The first-order valence-corrected chi connectivity index (χ1v) is 6.19. The summed E-state index contributed by atoms with van der Waals surface area (Å²) in [5, 5.41) is 12.0. The molecule has 0 saturated heterocycles. The van der Waals surface area contributed by atoms with Gasteiger partial charge in [0.2, 0.25) is 0 Å². The van der Waals surface area contributed by atoms with Crippen LogP contribution in [0.5, 0.6) is 0 Å². The predicted octanol–water partition coefficient (Wildman–Crippen LogP) is 2.55. The quantitative estimate of drug-likeness (QED) is 0.771. The van der Waals surface area contributed by atoms with Gasteiger partial charge in [0, 0.05) is 17.5 Å². The fourth-order valence-corrected chi connectivity index (χ4v) is 2.05. The van der Waals surface area contributed by atoms with Gasteiger partial charge in [-0.2, -0.15) is 5.26 Å². The molecule has 0 bridgehead atoms. The molecule has 0 spiro atoms. The van der Waals surface area contributed by atoms with Crippen LogP contribution < -0.4 is 5.32 Å². The van der Waals surface area contributed by atoms with Gasteiger partial charge >= 0.3 is 0 Å². The zero-order chi connectivity index (χ0) is 10.5. The molecule has 0 heterocycles. The minimum Gasteiger partial charge on any atom is -0.310 e. The molecule has 0 atom stereocenters. The largest absolute Gasteiger partial charge is 0.310 e. The lowest BCUT2D eigenvalue weighted by atomic mass is 10.2. The maximum absolute atomic E-state index is 8.50. The monoisotopic (exact) mass is 218 g/mol. The van der Waals surface area contributed by atoms with Crippen molar-refractivity contribution >= 4 is 11.8 Å². The van der Waals surface area contributed by atoms with E-state index in [-0.39, 0.29) is 0 Å². The van der Waals surface area contributed by atoms with Crippen molar-refractivity contribution in [1.82, 2.24) is 5.32 Å². The summed E-state index contributed by atoms with van der Waals surface area (Å²) in [6.07, 6.45) is 2.64. The lowest BCUT2D eigenvalue weighted by Crippen LogP contribution is -2.15. The normalized spacial score (nSPS) is 14.9. The van der Waals surface area contributed by atoms with Gasteiger partial charge in [0.1, 0.15) is 0 Å². The van der Waals surface area contributed by atoms with Crippen molar-refractivity contribution < 1.29 is 0 Å². The van der Waals surface area contributed by atoms with Crippen LogP contribution in [0, 0.1) is 11.3 Å². The van der Waals surface area contributed by atoms with E-state index >= 15 is 0 Å². The Kier molecular flexibility index (Phi) is 3.65. The van der Waals surface area contributed by atoms with Crippen LogP contribution in [-0.2, 0) is 6.54 Å². The maximum Gasteiger partial charge on any atom is 0.0855 e. The first-order valence-electron chi connectivity index (χ1n) is 5.20. The fourth-order valence-electron chi connectivity index (χ4n) is 1.41. The minimum absolute atomic E-state index is 0.527. The molecule has 0 aliphatic heterocycles. The zero-order valence-electron chi connectivity index (χ0n) is 8.57. The number of hydrogen-bond donors (Lipinski definition) is 1. The third-order valence-corrected chi connectivity index (χ3v) is 3.23. The third kappa shape index (κ3) is 3.58. The van der Waals surface area contributed by atoms with Gasteiger partial charge in [-0.15, -0.1) is 11.8 Å². The molecule has 1 aromatic rings. The van der Waals surface area contributed by atoms with Crippen molar-refractivity contribution in [2.45, 2.75) is 30.3 Å². The Hall–Kier alpha value is -0.980. The van der Waals surface area contributed by atoms with Crippen LogP contribution >= 0.6 is 11.8 Å². The van der Waals surface area contributed by atoms with Crippen LogP contribution in [0.4, 0.5) is 0 Å². The number of hydrogen-bond acceptors (Lipinski definition) is 3. The first kappa shape index (κ1) is 10.5. The highest BCUT2D eigenvalue weighted by Crippen LogP contribution is 2.21. The molecule has 1 saturated carbocycles. The van der Waals surface area contributed by atoms with Gasteiger partial charge in [-0.3, -0.25) is 0 Å². The molecule has 2 nitrogen and oxygen atoms in total. The second-order valence-corrected chi connectivity index (χ2v) is 4.80. The lowest BCUT2D eigenvalue weighted by Gasteiger charge is -2.04. The number of benzene rings is 1. The van der Waals surface area contributed by atoms with Crippen LogP contribution in [0.2, 0.25) is 0 Å². The van der Waals surface area contributed by atoms with Crippen LogP contribution in [-0.4, -0.2) is 11.8 Å². The minimum atomic E-state index is 0.527. The summed E-state index contributed by atoms with van der Waals surface area (Å²) in [5.74, 6) is 0.527. The van der Waals surface area contributed by atoms with E-state index in [4.69, 9.17) is 5.26 Å². The maximum atomic E-state index is 8.50. The van der Waals surface area contributed by atoms with Crippen LogP contribution in [0.3, 0.4) is 0 Å². The Balaban J connectivity index is 1.89. The molecule has 1 aromatic carbocycles. The van der Waals surface area contributed by atoms with Crippen molar-refractivity contribution in [2.24, 2.45) is 0 Å². The standard InChI is InChI=1S/C12H14N2S/c13-6-7-15-12-3-1-2-10(8-12)9-14-11-4-5-11/h1-3,8,11,14H,4-5,7,9H2. The van der Waals surface area contributed by atoms with E-state index in [1.807, 2.05) is 0 Å².